The predicted molar refractivity (Wildman–Crippen MR) is 133 cm³/mol. The summed E-state index contributed by atoms with van der Waals surface area (Å²) in [4.78, 5) is 33.4. The van der Waals surface area contributed by atoms with Crippen LogP contribution in [0.3, 0.4) is 0 Å². The van der Waals surface area contributed by atoms with Crippen molar-refractivity contribution in [1.29, 1.82) is 0 Å². The Morgan fingerprint density at radius 2 is 1.91 bits per heavy atom. The van der Waals surface area contributed by atoms with E-state index in [1.807, 2.05) is 31.2 Å². The third-order valence-electron chi connectivity index (χ3n) is 5.48. The maximum Gasteiger partial charge on any atom is 0.335 e. The van der Waals surface area contributed by atoms with Crippen LogP contribution in [0, 0.1) is 5.92 Å². The highest BCUT2D eigenvalue weighted by Gasteiger charge is 2.13. The van der Waals surface area contributed by atoms with Crippen molar-refractivity contribution in [3.8, 4) is 0 Å². The number of furan rings is 1. The van der Waals surface area contributed by atoms with E-state index in [-0.39, 0.29) is 31.2 Å². The highest BCUT2D eigenvalue weighted by Crippen LogP contribution is 2.24. The monoisotopic (exact) mass is 498 g/mol. The molecular weight excluding hydrogens is 472 g/mol. The minimum atomic E-state index is -0.593. The summed E-state index contributed by atoms with van der Waals surface area (Å²) in [5, 5.41) is 10.8. The Bertz CT molecular complexity index is 1500. The molecule has 0 spiro atoms. The number of nitrogens with one attached hydrogen (secondary N) is 1. The molecule has 2 aromatic heterocycles. The molecule has 0 aliphatic heterocycles. The first kappa shape index (κ1) is 24.7. The number of hydrogen-bond acceptors (Lipinski definition) is 6. The molecule has 0 saturated heterocycles. The minimum absolute atomic E-state index is 0.0785. The number of aromatic nitrogens is 3. The fraction of sp³-hybridized carbons (Fsp3) is 0.320. The molecule has 0 aliphatic carbocycles. The summed E-state index contributed by atoms with van der Waals surface area (Å²) in [7, 11) is 0. The Morgan fingerprint density at radius 3 is 2.63 bits per heavy atom. The second kappa shape index (κ2) is 10.9. The largest absolute Gasteiger partial charge is 0.459 e. The van der Waals surface area contributed by atoms with Crippen LogP contribution in [0.4, 0.5) is 5.69 Å². The average molecular weight is 499 g/mol. The minimum Gasteiger partial charge on any atom is -0.459 e. The summed E-state index contributed by atoms with van der Waals surface area (Å²) < 4.78 is 13.7. The molecule has 35 heavy (non-hydrogen) atoms. The Balaban J connectivity index is 1.82. The Kier molecular flexibility index (Phi) is 7.70. The second-order valence-electron chi connectivity index (χ2n) is 8.33. The molecule has 0 aliphatic rings. The van der Waals surface area contributed by atoms with E-state index in [4.69, 9.17) is 20.8 Å². The first-order valence-electron chi connectivity index (χ1n) is 11.3. The molecule has 2 N–H and O–H groups in total. The number of halogens is 1. The van der Waals surface area contributed by atoms with Gasteiger partial charge in [0.05, 0.1) is 12.2 Å². The molecule has 2 aromatic carbocycles. The molecule has 9 nitrogen and oxygen atoms in total. The van der Waals surface area contributed by atoms with Gasteiger partial charge in [-0.1, -0.05) is 30.7 Å². The van der Waals surface area contributed by atoms with Crippen LogP contribution in [0.1, 0.15) is 25.2 Å². The van der Waals surface area contributed by atoms with Gasteiger partial charge in [-0.3, -0.25) is 9.55 Å². The van der Waals surface area contributed by atoms with Crippen LogP contribution in [0.2, 0.25) is 5.02 Å². The van der Waals surface area contributed by atoms with Gasteiger partial charge in [0.25, 0.3) is 0 Å². The number of H-pyrrole nitrogens is 1. The van der Waals surface area contributed by atoms with Gasteiger partial charge in [-0.25, -0.2) is 19.1 Å². The maximum atomic E-state index is 13.3. The van der Waals surface area contributed by atoms with Gasteiger partial charge in [-0.05, 0) is 54.8 Å². The topological polar surface area (TPSA) is 115 Å². The van der Waals surface area contributed by atoms with E-state index < -0.39 is 11.4 Å². The predicted octanol–water partition coefficient (Wildman–Crippen LogP) is 3.18. The molecule has 10 heteroatoms. The third kappa shape index (κ3) is 5.82. The molecule has 4 aromatic rings. The fourth-order valence-corrected chi connectivity index (χ4v) is 3.76. The molecular formula is C25H27ClN4O5. The van der Waals surface area contributed by atoms with Crippen LogP contribution in [-0.2, 0) is 24.4 Å². The summed E-state index contributed by atoms with van der Waals surface area (Å²) in [5.74, 6) is 0.431. The molecule has 0 amide bonds. The standard InChI is InChI=1S/C25H27ClN4O5/c1-3-34-15-21-11-18-10-20(8-9-22(18)35-21)27-23-28-24(32)30(12-16(2)14-31)25(33)29(23)13-17-4-6-19(26)7-5-17/h4-11,16,31H,3,12-15H2,1-2H3,(H,27,28,32)/t16-/m0/s1. The Hall–Kier alpha value is -3.40. The van der Waals surface area contributed by atoms with Crippen molar-refractivity contribution < 1.29 is 14.3 Å². The van der Waals surface area contributed by atoms with E-state index in [0.29, 0.717) is 35.3 Å². The van der Waals surface area contributed by atoms with Crippen molar-refractivity contribution in [2.24, 2.45) is 10.9 Å². The zero-order chi connectivity index (χ0) is 24.9. The number of aliphatic hydroxyl groups excluding tert-OH is 1. The molecule has 0 fully saturated rings. The summed E-state index contributed by atoms with van der Waals surface area (Å²) in [6.07, 6.45) is 0. The van der Waals surface area contributed by atoms with Gasteiger partial charge in [0.1, 0.15) is 18.0 Å². The number of hydrogen-bond donors (Lipinski definition) is 2. The first-order chi connectivity index (χ1) is 16.9. The Morgan fingerprint density at radius 1 is 1.14 bits per heavy atom. The number of nitrogens with zero attached hydrogens (tertiary/aromatic N) is 3. The quantitative estimate of drug-likeness (QED) is 0.368. The van der Waals surface area contributed by atoms with E-state index >= 15 is 0 Å². The van der Waals surface area contributed by atoms with E-state index in [2.05, 4.69) is 9.98 Å². The van der Waals surface area contributed by atoms with E-state index in [9.17, 15) is 14.7 Å². The van der Waals surface area contributed by atoms with Crippen molar-refractivity contribution in [3.05, 3.63) is 91.5 Å². The number of aromatic amines is 1. The summed E-state index contributed by atoms with van der Waals surface area (Å²) in [6.45, 7) is 4.73. The van der Waals surface area contributed by atoms with Crippen molar-refractivity contribution in [2.45, 2.75) is 33.5 Å². The van der Waals surface area contributed by atoms with Gasteiger partial charge in [-0.2, -0.15) is 0 Å². The van der Waals surface area contributed by atoms with Crippen LogP contribution in [0.15, 0.2) is 67.5 Å². The second-order valence-corrected chi connectivity index (χ2v) is 8.77. The van der Waals surface area contributed by atoms with Crippen molar-refractivity contribution in [2.75, 3.05) is 13.2 Å². The number of ether oxygens (including phenoxy) is 1. The highest BCUT2D eigenvalue weighted by atomic mass is 35.5. The molecule has 4 rings (SSSR count). The molecule has 0 radical (unpaired) electrons. The van der Waals surface area contributed by atoms with Gasteiger partial charge < -0.3 is 14.3 Å². The number of aliphatic hydroxyl groups is 1. The maximum absolute atomic E-state index is 13.3. The number of rotatable bonds is 9. The van der Waals surface area contributed by atoms with Crippen LogP contribution in [0.5, 0.6) is 0 Å². The molecule has 2 heterocycles. The zero-order valence-corrected chi connectivity index (χ0v) is 20.3. The lowest BCUT2D eigenvalue weighted by Gasteiger charge is -2.13. The molecule has 184 valence electrons. The lowest BCUT2D eigenvalue weighted by molar-refractivity contribution is 0.119. The van der Waals surface area contributed by atoms with Gasteiger partial charge in [0, 0.05) is 30.2 Å². The smallest absolute Gasteiger partial charge is 0.335 e. The molecule has 0 unspecified atom stereocenters. The van der Waals surface area contributed by atoms with Crippen LogP contribution in [-0.4, -0.2) is 32.4 Å². The van der Waals surface area contributed by atoms with Gasteiger partial charge in [0.15, 0.2) is 0 Å². The molecule has 0 bridgehead atoms. The van der Waals surface area contributed by atoms with Gasteiger partial charge in [0.2, 0.25) is 5.62 Å². The van der Waals surface area contributed by atoms with Crippen molar-refractivity contribution >= 4 is 28.3 Å². The molecule has 0 saturated carbocycles. The van der Waals surface area contributed by atoms with E-state index in [1.54, 1.807) is 31.2 Å². The SMILES string of the molecule is CCOCc1cc2cc(/N=c3\[nH]c(=O)n(C[C@H](C)CO)c(=O)n3Cc3ccc(Cl)cc3)ccc2o1. The van der Waals surface area contributed by atoms with Crippen LogP contribution < -0.4 is 17.0 Å². The van der Waals surface area contributed by atoms with Gasteiger partial charge >= 0.3 is 11.4 Å². The van der Waals surface area contributed by atoms with Crippen molar-refractivity contribution in [3.63, 3.8) is 0 Å². The number of benzene rings is 2. The first-order valence-corrected chi connectivity index (χ1v) is 11.7. The number of fused-ring (bicyclic) bond motifs is 1. The normalized spacial score (nSPS) is 13.0. The third-order valence-corrected chi connectivity index (χ3v) is 5.73. The summed E-state index contributed by atoms with van der Waals surface area (Å²) in [6, 6.07) is 14.3. The Labute approximate surface area is 205 Å². The highest BCUT2D eigenvalue weighted by molar-refractivity contribution is 6.30. The van der Waals surface area contributed by atoms with Gasteiger partial charge in [-0.15, -0.1) is 0 Å². The summed E-state index contributed by atoms with van der Waals surface area (Å²) in [5.41, 5.74) is 1.04. The fourth-order valence-electron chi connectivity index (χ4n) is 3.64. The lowest BCUT2D eigenvalue weighted by atomic mass is 10.2. The van der Waals surface area contributed by atoms with E-state index in [0.717, 1.165) is 15.5 Å². The van der Waals surface area contributed by atoms with Crippen LogP contribution >= 0.6 is 11.6 Å². The summed E-state index contributed by atoms with van der Waals surface area (Å²) >= 11 is 6.00. The van der Waals surface area contributed by atoms with E-state index in [1.165, 1.54) is 4.57 Å². The van der Waals surface area contributed by atoms with Crippen molar-refractivity contribution in [1.82, 2.24) is 14.1 Å². The average Bonchev–Trinajstić information content (AvgIpc) is 3.26. The molecule has 1 atom stereocenters. The zero-order valence-electron chi connectivity index (χ0n) is 19.5. The lowest BCUT2D eigenvalue weighted by Crippen LogP contribution is -2.50. The van der Waals surface area contributed by atoms with Crippen LogP contribution in [0.25, 0.3) is 11.0 Å².